The van der Waals surface area contributed by atoms with Crippen molar-refractivity contribution in [1.82, 2.24) is 15.0 Å². The van der Waals surface area contributed by atoms with Gasteiger partial charge in [-0.05, 0) is 12.1 Å². The van der Waals surface area contributed by atoms with Gasteiger partial charge in [0.15, 0.2) is 11.5 Å². The molecule has 1 aromatic carbocycles. The number of fused-ring (bicyclic) bond motifs is 1. The maximum Gasteiger partial charge on any atom is 0.192 e. The largest absolute Gasteiger partial charge is 0.441 e. The lowest BCUT2D eigenvalue weighted by atomic mass is 10.3. The van der Waals surface area contributed by atoms with E-state index in [1.165, 1.54) is 6.33 Å². The Balaban J connectivity index is 1.94. The van der Waals surface area contributed by atoms with Gasteiger partial charge in [0.05, 0.1) is 0 Å². The first-order valence-electron chi connectivity index (χ1n) is 5.61. The van der Waals surface area contributed by atoms with E-state index in [9.17, 15) is 0 Å². The third-order valence-electron chi connectivity index (χ3n) is 2.55. The second-order valence-electron chi connectivity index (χ2n) is 3.94. The lowest BCUT2D eigenvalue weighted by Crippen LogP contribution is -1.95. The quantitative estimate of drug-likeness (QED) is 0.753. The summed E-state index contributed by atoms with van der Waals surface area (Å²) in [6, 6.07) is 9.12. The summed E-state index contributed by atoms with van der Waals surface area (Å²) in [7, 11) is 0. The van der Waals surface area contributed by atoms with Crippen LogP contribution in [0.25, 0.3) is 11.1 Å². The standard InChI is InChI=1S/C13H9N5O/c1-8-17-11-3-2-9(4-12(11)19-8)18-13-5-10(6-14)15-7-16-13/h2-5,7H,1H3,(H,15,16,18). The minimum atomic E-state index is 0.314. The molecule has 0 aliphatic carbocycles. The van der Waals surface area contributed by atoms with E-state index in [0.717, 1.165) is 11.2 Å². The van der Waals surface area contributed by atoms with E-state index >= 15 is 0 Å². The summed E-state index contributed by atoms with van der Waals surface area (Å²) in [6.07, 6.45) is 1.35. The number of nitrogens with one attached hydrogen (secondary N) is 1. The van der Waals surface area contributed by atoms with Crippen LogP contribution in [0.1, 0.15) is 11.6 Å². The van der Waals surface area contributed by atoms with E-state index in [4.69, 9.17) is 9.68 Å². The SMILES string of the molecule is Cc1nc2ccc(Nc3cc(C#N)ncn3)cc2o1. The Morgan fingerprint density at radius 2 is 2.16 bits per heavy atom. The predicted octanol–water partition coefficient (Wildman–Crippen LogP) is 2.54. The minimum absolute atomic E-state index is 0.314. The monoisotopic (exact) mass is 251 g/mol. The Hall–Kier alpha value is -2.94. The zero-order valence-corrected chi connectivity index (χ0v) is 10.1. The van der Waals surface area contributed by atoms with Crippen molar-refractivity contribution in [2.75, 3.05) is 5.32 Å². The van der Waals surface area contributed by atoms with E-state index in [1.54, 1.807) is 13.0 Å². The Labute approximate surface area is 108 Å². The van der Waals surface area contributed by atoms with Crippen LogP contribution in [0.15, 0.2) is 35.0 Å². The van der Waals surface area contributed by atoms with E-state index in [0.29, 0.717) is 23.0 Å². The van der Waals surface area contributed by atoms with E-state index < -0.39 is 0 Å². The fraction of sp³-hybridized carbons (Fsp3) is 0.0769. The third kappa shape index (κ3) is 2.21. The van der Waals surface area contributed by atoms with Crippen LogP contribution in [-0.4, -0.2) is 15.0 Å². The first kappa shape index (κ1) is 11.2. The van der Waals surface area contributed by atoms with Crippen LogP contribution in [0.5, 0.6) is 0 Å². The van der Waals surface area contributed by atoms with Gasteiger partial charge in [-0.2, -0.15) is 5.26 Å². The van der Waals surface area contributed by atoms with Crippen molar-refractivity contribution in [1.29, 1.82) is 5.26 Å². The summed E-state index contributed by atoms with van der Waals surface area (Å²) in [5.74, 6) is 1.18. The highest BCUT2D eigenvalue weighted by Crippen LogP contribution is 2.22. The smallest absolute Gasteiger partial charge is 0.192 e. The van der Waals surface area contributed by atoms with Crippen LogP contribution in [0, 0.1) is 18.3 Å². The number of nitriles is 1. The number of rotatable bonds is 2. The first-order valence-corrected chi connectivity index (χ1v) is 5.61. The molecule has 0 unspecified atom stereocenters. The highest BCUT2D eigenvalue weighted by molar-refractivity contribution is 5.78. The van der Waals surface area contributed by atoms with Crippen molar-refractivity contribution in [3.8, 4) is 6.07 Å². The van der Waals surface area contributed by atoms with Crippen molar-refractivity contribution in [3.63, 3.8) is 0 Å². The molecule has 6 heteroatoms. The molecule has 0 atom stereocenters. The van der Waals surface area contributed by atoms with Crippen LogP contribution >= 0.6 is 0 Å². The van der Waals surface area contributed by atoms with Gasteiger partial charge in [0.2, 0.25) is 0 Å². The zero-order valence-electron chi connectivity index (χ0n) is 10.1. The maximum absolute atomic E-state index is 8.78. The van der Waals surface area contributed by atoms with Crippen LogP contribution in [0.2, 0.25) is 0 Å². The molecule has 3 aromatic rings. The summed E-state index contributed by atoms with van der Waals surface area (Å²) in [6.45, 7) is 1.80. The fourth-order valence-electron chi connectivity index (χ4n) is 1.75. The number of nitrogens with zero attached hydrogens (tertiary/aromatic N) is 4. The number of aromatic nitrogens is 3. The number of anilines is 2. The number of oxazole rings is 1. The molecule has 92 valence electrons. The van der Waals surface area contributed by atoms with Crippen LogP contribution in [0.4, 0.5) is 11.5 Å². The molecule has 19 heavy (non-hydrogen) atoms. The zero-order chi connectivity index (χ0) is 13.2. The molecule has 0 radical (unpaired) electrons. The van der Waals surface area contributed by atoms with Gasteiger partial charge in [0.1, 0.15) is 29.4 Å². The summed E-state index contributed by atoms with van der Waals surface area (Å²) >= 11 is 0. The second-order valence-corrected chi connectivity index (χ2v) is 3.94. The summed E-state index contributed by atoms with van der Waals surface area (Å²) in [5, 5.41) is 11.9. The Morgan fingerprint density at radius 3 is 3.00 bits per heavy atom. The molecule has 1 N–H and O–H groups in total. The molecule has 3 rings (SSSR count). The van der Waals surface area contributed by atoms with E-state index in [-0.39, 0.29) is 0 Å². The van der Waals surface area contributed by atoms with Crippen molar-refractivity contribution >= 4 is 22.6 Å². The molecule has 0 aliphatic heterocycles. The van der Waals surface area contributed by atoms with Crippen LogP contribution < -0.4 is 5.32 Å². The minimum Gasteiger partial charge on any atom is -0.441 e. The molecule has 0 fully saturated rings. The highest BCUT2D eigenvalue weighted by atomic mass is 16.3. The van der Waals surface area contributed by atoms with Gasteiger partial charge in [-0.25, -0.2) is 15.0 Å². The number of benzene rings is 1. The number of aryl methyl sites for hydroxylation is 1. The summed E-state index contributed by atoms with van der Waals surface area (Å²) in [5.41, 5.74) is 2.64. The number of hydrogen-bond donors (Lipinski definition) is 1. The molecule has 0 amide bonds. The molecule has 0 aliphatic rings. The molecule has 6 nitrogen and oxygen atoms in total. The van der Waals surface area contributed by atoms with E-state index in [2.05, 4.69) is 20.3 Å². The fourth-order valence-corrected chi connectivity index (χ4v) is 1.75. The van der Waals surface area contributed by atoms with Crippen molar-refractivity contribution < 1.29 is 4.42 Å². The average molecular weight is 251 g/mol. The van der Waals surface area contributed by atoms with Gasteiger partial charge >= 0.3 is 0 Å². The average Bonchev–Trinajstić information content (AvgIpc) is 2.78. The van der Waals surface area contributed by atoms with E-state index in [1.807, 2.05) is 24.3 Å². The molecule has 0 saturated heterocycles. The third-order valence-corrected chi connectivity index (χ3v) is 2.55. The molecule has 0 saturated carbocycles. The topological polar surface area (TPSA) is 87.6 Å². The van der Waals surface area contributed by atoms with Gasteiger partial charge in [-0.15, -0.1) is 0 Å². The predicted molar refractivity (Wildman–Crippen MR) is 68.8 cm³/mol. The lowest BCUT2D eigenvalue weighted by Gasteiger charge is -2.04. The normalized spacial score (nSPS) is 10.3. The van der Waals surface area contributed by atoms with Gasteiger partial charge in [-0.1, -0.05) is 0 Å². The number of hydrogen-bond acceptors (Lipinski definition) is 6. The highest BCUT2D eigenvalue weighted by Gasteiger charge is 2.04. The van der Waals surface area contributed by atoms with Crippen LogP contribution in [0.3, 0.4) is 0 Å². The second kappa shape index (κ2) is 4.38. The Kier molecular flexibility index (Phi) is 2.58. The molecule has 0 spiro atoms. The first-order chi connectivity index (χ1) is 9.24. The molecule has 2 heterocycles. The van der Waals surface area contributed by atoms with Gasteiger partial charge in [-0.3, -0.25) is 0 Å². The van der Waals surface area contributed by atoms with Crippen molar-refractivity contribution in [2.24, 2.45) is 0 Å². The molecule has 0 bridgehead atoms. The molecular formula is C13H9N5O. The van der Waals surface area contributed by atoms with Crippen molar-refractivity contribution in [3.05, 3.63) is 42.2 Å². The Bertz CT molecular complexity index is 787. The summed E-state index contributed by atoms with van der Waals surface area (Å²) < 4.78 is 5.45. The lowest BCUT2D eigenvalue weighted by molar-refractivity contribution is 0.561. The van der Waals surface area contributed by atoms with Gasteiger partial charge < -0.3 is 9.73 Å². The maximum atomic E-state index is 8.78. The van der Waals surface area contributed by atoms with Crippen molar-refractivity contribution in [2.45, 2.75) is 6.92 Å². The molecular weight excluding hydrogens is 242 g/mol. The summed E-state index contributed by atoms with van der Waals surface area (Å²) in [4.78, 5) is 12.1. The van der Waals surface area contributed by atoms with Gasteiger partial charge in [0.25, 0.3) is 0 Å². The molecule has 2 aromatic heterocycles. The van der Waals surface area contributed by atoms with Gasteiger partial charge in [0, 0.05) is 24.7 Å². The van der Waals surface area contributed by atoms with Crippen LogP contribution in [-0.2, 0) is 0 Å². The Morgan fingerprint density at radius 1 is 1.26 bits per heavy atom.